The fourth-order valence-electron chi connectivity index (χ4n) is 3.33. The second-order valence-corrected chi connectivity index (χ2v) is 7.20. The summed E-state index contributed by atoms with van der Waals surface area (Å²) in [6.45, 7) is 1.87. The molecule has 1 amide bonds. The van der Waals surface area contributed by atoms with Gasteiger partial charge >= 0.3 is 6.18 Å². The first-order chi connectivity index (χ1) is 15.2. The van der Waals surface area contributed by atoms with Crippen LogP contribution < -0.4 is 11.2 Å². The molecule has 1 fully saturated rings. The number of hydrogen-bond acceptors (Lipinski definition) is 6. The number of aliphatic imine (C=N–C) groups is 1. The Morgan fingerprint density at radius 2 is 2.06 bits per heavy atom. The average Bonchev–Trinajstić information content (AvgIpc) is 2.88. The maximum absolute atomic E-state index is 13.7. The van der Waals surface area contributed by atoms with Crippen LogP contribution in [0.3, 0.4) is 0 Å². The average molecular weight is 451 g/mol. The Hall–Kier alpha value is -3.34. The summed E-state index contributed by atoms with van der Waals surface area (Å²) in [7, 11) is 0. The Morgan fingerprint density at radius 1 is 1.28 bits per heavy atom. The van der Waals surface area contributed by atoms with Crippen LogP contribution >= 0.6 is 0 Å². The fraction of sp³-hybridized carbons (Fsp3) is 0.333. The molecular weight excluding hydrogens is 430 g/mol. The molecule has 7 nitrogen and oxygen atoms in total. The molecule has 0 aliphatic carbocycles. The molecule has 0 radical (unpaired) electrons. The molecule has 0 bridgehead atoms. The minimum absolute atomic E-state index is 0.0523. The van der Waals surface area contributed by atoms with Crippen LogP contribution in [-0.2, 0) is 22.1 Å². The number of aromatic nitrogens is 1. The molecule has 0 saturated carbocycles. The Labute approximate surface area is 181 Å². The van der Waals surface area contributed by atoms with Gasteiger partial charge in [0.15, 0.2) is 5.82 Å². The second kappa shape index (κ2) is 9.86. The zero-order chi connectivity index (χ0) is 23.3. The van der Waals surface area contributed by atoms with E-state index in [0.29, 0.717) is 36.1 Å². The number of nitrogens with zero attached hydrogens (tertiary/aromatic N) is 3. The smallest absolute Gasteiger partial charge is 0.378 e. The highest BCUT2D eigenvalue weighted by Gasteiger charge is 2.31. The van der Waals surface area contributed by atoms with Gasteiger partial charge in [-0.1, -0.05) is 0 Å². The van der Waals surface area contributed by atoms with Crippen molar-refractivity contribution in [2.75, 3.05) is 13.2 Å². The highest BCUT2D eigenvalue weighted by molar-refractivity contribution is 6.45. The molecule has 11 heteroatoms. The number of amides is 1. The number of benzene rings is 1. The van der Waals surface area contributed by atoms with E-state index in [1.807, 2.05) is 0 Å². The molecule has 1 atom stereocenters. The largest absolute Gasteiger partial charge is 0.416 e. The third-order valence-corrected chi connectivity index (χ3v) is 4.66. The monoisotopic (exact) mass is 451 g/mol. The molecule has 1 aromatic carbocycles. The van der Waals surface area contributed by atoms with Crippen molar-refractivity contribution in [3.8, 4) is 0 Å². The number of rotatable bonds is 4. The van der Waals surface area contributed by atoms with E-state index >= 15 is 0 Å². The lowest BCUT2D eigenvalue weighted by atomic mass is 10.0. The van der Waals surface area contributed by atoms with Crippen molar-refractivity contribution >= 4 is 23.1 Å². The SMILES string of the molecule is CC(=O)NC1COCCC(=Nc2cc(Cc3cc(F)cc(C(F)(F)F)c3)ccn2)/C1=N\N. The fourth-order valence-corrected chi connectivity index (χ4v) is 3.33. The number of nitrogens with one attached hydrogen (secondary N) is 1. The van der Waals surface area contributed by atoms with Crippen LogP contribution in [0.4, 0.5) is 23.4 Å². The van der Waals surface area contributed by atoms with Gasteiger partial charge in [-0.2, -0.15) is 18.3 Å². The lowest BCUT2D eigenvalue weighted by Crippen LogP contribution is -2.45. The van der Waals surface area contributed by atoms with Crippen LogP contribution in [0.2, 0.25) is 0 Å². The summed E-state index contributed by atoms with van der Waals surface area (Å²) in [4.78, 5) is 20.1. The number of nitrogens with two attached hydrogens (primary N) is 1. The quantitative estimate of drug-likeness (QED) is 0.424. The highest BCUT2D eigenvalue weighted by atomic mass is 19.4. The van der Waals surface area contributed by atoms with Gasteiger partial charge in [-0.3, -0.25) is 4.79 Å². The van der Waals surface area contributed by atoms with Crippen LogP contribution in [0.5, 0.6) is 0 Å². The number of ether oxygens (including phenoxy) is 1. The number of hydrogen-bond donors (Lipinski definition) is 2. The van der Waals surface area contributed by atoms with Crippen LogP contribution in [0.1, 0.15) is 30.0 Å². The summed E-state index contributed by atoms with van der Waals surface area (Å²) >= 11 is 0. The van der Waals surface area contributed by atoms with Gasteiger partial charge in [-0.05, 0) is 47.9 Å². The molecule has 2 heterocycles. The van der Waals surface area contributed by atoms with Gasteiger partial charge in [0.05, 0.1) is 30.5 Å². The van der Waals surface area contributed by atoms with E-state index < -0.39 is 23.6 Å². The van der Waals surface area contributed by atoms with Gasteiger partial charge in [0.25, 0.3) is 0 Å². The van der Waals surface area contributed by atoms with E-state index in [1.165, 1.54) is 13.1 Å². The highest BCUT2D eigenvalue weighted by Crippen LogP contribution is 2.31. The van der Waals surface area contributed by atoms with Gasteiger partial charge in [0.2, 0.25) is 5.91 Å². The molecule has 170 valence electrons. The number of halogens is 4. The maximum atomic E-state index is 13.7. The number of carbonyl (C=O) groups is 1. The van der Waals surface area contributed by atoms with Crippen LogP contribution in [0, 0.1) is 5.82 Å². The van der Waals surface area contributed by atoms with Crippen molar-refractivity contribution in [3.05, 3.63) is 59.0 Å². The normalized spacial score (nSPS) is 19.7. The second-order valence-electron chi connectivity index (χ2n) is 7.20. The summed E-state index contributed by atoms with van der Waals surface area (Å²) < 4.78 is 58.1. The third-order valence-electron chi connectivity index (χ3n) is 4.66. The first kappa shape index (κ1) is 23.3. The zero-order valence-corrected chi connectivity index (χ0v) is 17.1. The Morgan fingerprint density at radius 3 is 2.75 bits per heavy atom. The molecule has 3 N–H and O–H groups in total. The van der Waals surface area contributed by atoms with Gasteiger partial charge in [-0.15, -0.1) is 0 Å². The van der Waals surface area contributed by atoms with Crippen molar-refractivity contribution in [1.29, 1.82) is 0 Å². The first-order valence-corrected chi connectivity index (χ1v) is 9.68. The number of alkyl halides is 3. The van der Waals surface area contributed by atoms with Gasteiger partial charge in [-0.25, -0.2) is 14.4 Å². The van der Waals surface area contributed by atoms with Gasteiger partial charge in [0, 0.05) is 19.5 Å². The summed E-state index contributed by atoms with van der Waals surface area (Å²) in [5.74, 6) is 4.56. The van der Waals surface area contributed by atoms with Crippen LogP contribution in [0.25, 0.3) is 0 Å². The van der Waals surface area contributed by atoms with E-state index in [1.54, 1.807) is 12.1 Å². The van der Waals surface area contributed by atoms with Gasteiger partial charge < -0.3 is 15.9 Å². The van der Waals surface area contributed by atoms with Gasteiger partial charge in [0.1, 0.15) is 11.5 Å². The topological polar surface area (TPSA) is 102 Å². The van der Waals surface area contributed by atoms with E-state index in [9.17, 15) is 22.4 Å². The summed E-state index contributed by atoms with van der Waals surface area (Å²) in [6.07, 6.45) is -2.76. The predicted molar refractivity (Wildman–Crippen MR) is 110 cm³/mol. The molecule has 3 rings (SSSR count). The van der Waals surface area contributed by atoms with Crippen molar-refractivity contribution in [1.82, 2.24) is 10.3 Å². The van der Waals surface area contributed by atoms with E-state index in [-0.39, 0.29) is 30.3 Å². The summed E-state index contributed by atoms with van der Waals surface area (Å²) in [5, 5.41) is 6.47. The number of pyridine rings is 1. The first-order valence-electron chi connectivity index (χ1n) is 9.68. The molecule has 1 saturated heterocycles. The lowest BCUT2D eigenvalue weighted by Gasteiger charge is -2.16. The van der Waals surface area contributed by atoms with E-state index in [0.717, 1.165) is 12.1 Å². The number of carbonyl (C=O) groups excluding carboxylic acids is 1. The summed E-state index contributed by atoms with van der Waals surface area (Å²) in [6, 6.07) is 5.04. The maximum Gasteiger partial charge on any atom is 0.416 e. The molecule has 2 aromatic rings. The van der Waals surface area contributed by atoms with E-state index in [4.69, 9.17) is 10.6 Å². The molecule has 1 aliphatic heterocycles. The van der Waals surface area contributed by atoms with Crippen molar-refractivity contribution in [3.63, 3.8) is 0 Å². The predicted octanol–water partition coefficient (Wildman–Crippen LogP) is 3.14. The number of hydrazone groups is 1. The molecule has 0 spiro atoms. The zero-order valence-electron chi connectivity index (χ0n) is 17.1. The third kappa shape index (κ3) is 6.10. The van der Waals surface area contributed by atoms with Crippen molar-refractivity contribution in [2.45, 2.75) is 32.0 Å². The molecule has 1 aliphatic rings. The molecular formula is C21H21F4N5O2. The van der Waals surface area contributed by atoms with Crippen molar-refractivity contribution in [2.24, 2.45) is 15.9 Å². The Balaban J connectivity index is 1.88. The Kier molecular flexibility index (Phi) is 7.18. The van der Waals surface area contributed by atoms with Crippen LogP contribution in [-0.4, -0.2) is 41.6 Å². The Bertz CT molecular complexity index is 1050. The molecule has 1 aromatic heterocycles. The molecule has 32 heavy (non-hydrogen) atoms. The molecule has 1 unspecified atom stereocenters. The van der Waals surface area contributed by atoms with Crippen molar-refractivity contribution < 1.29 is 27.1 Å². The minimum atomic E-state index is -4.64. The summed E-state index contributed by atoms with van der Waals surface area (Å²) in [5.41, 5.74) is 0.532. The standard InChI is InChI=1S/C21H21F4N5O2/c1-12(31)28-18-11-32-5-3-17(20(18)30-26)29-19-9-13(2-4-27-19)6-14-7-15(21(23,24)25)10-16(22)8-14/h2,4,7-10,18H,3,5-6,11,26H2,1H3,(H,28,31)/b29-17?,30-20+. The lowest BCUT2D eigenvalue weighted by molar-refractivity contribution is -0.137. The minimum Gasteiger partial charge on any atom is -0.378 e. The van der Waals surface area contributed by atoms with E-state index in [2.05, 4.69) is 20.4 Å². The van der Waals surface area contributed by atoms with Crippen LogP contribution in [0.15, 0.2) is 46.6 Å².